The van der Waals surface area contributed by atoms with Crippen LogP contribution < -0.4 is 10.5 Å². The normalized spacial score (nSPS) is 15.0. The van der Waals surface area contributed by atoms with Gasteiger partial charge < -0.3 is 15.4 Å². The molecule has 21 heavy (non-hydrogen) atoms. The Morgan fingerprint density at radius 1 is 1.38 bits per heavy atom. The molecule has 2 rings (SSSR count). The molecule has 1 saturated carbocycles. The molecular weight excluding hydrogens is 288 g/mol. The maximum atomic E-state index is 12.4. The van der Waals surface area contributed by atoms with Gasteiger partial charge in [-0.1, -0.05) is 25.5 Å². The van der Waals surface area contributed by atoms with E-state index in [0.29, 0.717) is 12.6 Å². The number of carbonyl (C=O) groups excluding carboxylic acids is 1. The highest BCUT2D eigenvalue weighted by Gasteiger charge is 2.34. The fraction of sp³-hybridized carbons (Fsp3) is 0.562. The van der Waals surface area contributed by atoms with Crippen molar-refractivity contribution in [2.75, 3.05) is 7.11 Å². The van der Waals surface area contributed by atoms with Crippen LogP contribution in [-0.2, 0) is 11.3 Å². The Hall–Kier alpha value is -1.26. The second kappa shape index (κ2) is 8.25. The van der Waals surface area contributed by atoms with Crippen molar-refractivity contribution in [2.24, 2.45) is 5.73 Å². The molecule has 0 bridgehead atoms. The van der Waals surface area contributed by atoms with E-state index in [1.165, 1.54) is 0 Å². The third-order valence-electron chi connectivity index (χ3n) is 3.70. The van der Waals surface area contributed by atoms with E-state index >= 15 is 0 Å². The van der Waals surface area contributed by atoms with Crippen LogP contribution in [0.3, 0.4) is 0 Å². The Morgan fingerprint density at radius 2 is 2.00 bits per heavy atom. The number of benzene rings is 1. The van der Waals surface area contributed by atoms with E-state index in [2.05, 4.69) is 6.92 Å². The summed E-state index contributed by atoms with van der Waals surface area (Å²) in [5.74, 6) is 0.922. The Morgan fingerprint density at radius 3 is 2.48 bits per heavy atom. The topological polar surface area (TPSA) is 55.6 Å². The third-order valence-corrected chi connectivity index (χ3v) is 3.70. The fourth-order valence-corrected chi connectivity index (χ4v) is 2.35. The number of hydrogen-bond acceptors (Lipinski definition) is 3. The smallest absolute Gasteiger partial charge is 0.240 e. The van der Waals surface area contributed by atoms with Gasteiger partial charge in [0.05, 0.1) is 13.2 Å². The molecule has 1 aliphatic carbocycles. The zero-order valence-electron chi connectivity index (χ0n) is 12.7. The highest BCUT2D eigenvalue weighted by atomic mass is 35.5. The summed E-state index contributed by atoms with van der Waals surface area (Å²) >= 11 is 0. The first kappa shape index (κ1) is 17.8. The van der Waals surface area contributed by atoms with Crippen molar-refractivity contribution in [3.8, 4) is 5.75 Å². The lowest BCUT2D eigenvalue weighted by Gasteiger charge is -2.25. The maximum absolute atomic E-state index is 12.4. The summed E-state index contributed by atoms with van der Waals surface area (Å²) in [7, 11) is 1.65. The van der Waals surface area contributed by atoms with Gasteiger partial charge in [-0.05, 0) is 37.0 Å². The second-order valence-electron chi connectivity index (χ2n) is 5.44. The predicted molar refractivity (Wildman–Crippen MR) is 86.7 cm³/mol. The zero-order valence-corrected chi connectivity index (χ0v) is 13.6. The summed E-state index contributed by atoms with van der Waals surface area (Å²) < 4.78 is 5.15. The highest BCUT2D eigenvalue weighted by molar-refractivity contribution is 5.85. The van der Waals surface area contributed by atoms with Crippen LogP contribution >= 0.6 is 12.4 Å². The Bertz CT molecular complexity index is 446. The lowest BCUT2D eigenvalue weighted by molar-refractivity contribution is -0.134. The summed E-state index contributed by atoms with van der Waals surface area (Å²) in [5, 5.41) is 0. The van der Waals surface area contributed by atoms with Gasteiger partial charge in [0.25, 0.3) is 0 Å². The van der Waals surface area contributed by atoms with E-state index < -0.39 is 0 Å². The Kier molecular flexibility index (Phi) is 6.99. The molecule has 4 nitrogen and oxygen atoms in total. The molecule has 1 atom stereocenters. The number of rotatable bonds is 7. The van der Waals surface area contributed by atoms with Crippen molar-refractivity contribution in [1.29, 1.82) is 0 Å². The van der Waals surface area contributed by atoms with Crippen molar-refractivity contribution in [1.82, 2.24) is 4.90 Å². The minimum Gasteiger partial charge on any atom is -0.497 e. The molecule has 0 aromatic heterocycles. The highest BCUT2D eigenvalue weighted by Crippen LogP contribution is 2.29. The first-order chi connectivity index (χ1) is 9.65. The molecule has 5 heteroatoms. The van der Waals surface area contributed by atoms with Gasteiger partial charge >= 0.3 is 0 Å². The first-order valence-corrected chi connectivity index (χ1v) is 7.34. The lowest BCUT2D eigenvalue weighted by Crippen LogP contribution is -2.44. The molecule has 0 heterocycles. The second-order valence-corrected chi connectivity index (χ2v) is 5.44. The molecule has 1 aliphatic rings. The van der Waals surface area contributed by atoms with Crippen LogP contribution in [0.15, 0.2) is 24.3 Å². The summed E-state index contributed by atoms with van der Waals surface area (Å²) in [6, 6.07) is 7.89. The van der Waals surface area contributed by atoms with E-state index in [9.17, 15) is 4.79 Å². The standard InChI is InChI=1S/C16H24N2O2.ClH/c1-3-4-15(17)16(19)18(13-7-8-13)11-12-5-9-14(20-2)10-6-12;/h5-6,9-10,13,15H,3-4,7-8,11,17H2,1-2H3;1H. The van der Waals surface area contributed by atoms with Crippen LogP contribution in [0.4, 0.5) is 0 Å². The average molecular weight is 313 g/mol. The van der Waals surface area contributed by atoms with E-state index in [-0.39, 0.29) is 24.4 Å². The molecule has 0 aliphatic heterocycles. The molecule has 0 radical (unpaired) electrons. The van der Waals surface area contributed by atoms with Crippen LogP contribution in [0, 0.1) is 0 Å². The number of nitrogens with two attached hydrogens (primary N) is 1. The first-order valence-electron chi connectivity index (χ1n) is 7.34. The van der Waals surface area contributed by atoms with Gasteiger partial charge in [0, 0.05) is 12.6 Å². The quantitative estimate of drug-likeness (QED) is 0.842. The number of halogens is 1. The van der Waals surface area contributed by atoms with Gasteiger partial charge in [0.15, 0.2) is 0 Å². The van der Waals surface area contributed by atoms with Crippen LogP contribution in [0.5, 0.6) is 5.75 Å². The van der Waals surface area contributed by atoms with E-state index in [4.69, 9.17) is 10.5 Å². The minimum atomic E-state index is -0.362. The molecule has 0 spiro atoms. The summed E-state index contributed by atoms with van der Waals surface area (Å²) in [5.41, 5.74) is 7.10. The number of methoxy groups -OCH3 is 1. The van der Waals surface area contributed by atoms with Crippen molar-refractivity contribution in [3.63, 3.8) is 0 Å². The lowest BCUT2D eigenvalue weighted by atomic mass is 10.1. The molecule has 1 aromatic carbocycles. The van der Waals surface area contributed by atoms with Crippen molar-refractivity contribution in [3.05, 3.63) is 29.8 Å². The monoisotopic (exact) mass is 312 g/mol. The Balaban J connectivity index is 0.00000220. The van der Waals surface area contributed by atoms with E-state index in [1.807, 2.05) is 29.2 Å². The summed E-state index contributed by atoms with van der Waals surface area (Å²) in [4.78, 5) is 14.4. The maximum Gasteiger partial charge on any atom is 0.240 e. The molecule has 1 unspecified atom stereocenters. The van der Waals surface area contributed by atoms with Crippen LogP contribution in [-0.4, -0.2) is 30.0 Å². The number of nitrogens with zero attached hydrogens (tertiary/aromatic N) is 1. The molecule has 118 valence electrons. The number of ether oxygens (including phenoxy) is 1. The van der Waals surface area contributed by atoms with Crippen molar-refractivity contribution >= 4 is 18.3 Å². The summed E-state index contributed by atoms with van der Waals surface area (Å²) in [6.07, 6.45) is 3.89. The molecular formula is C16H25ClN2O2. The average Bonchev–Trinajstić information content (AvgIpc) is 3.29. The molecule has 1 aromatic rings. The fourth-order valence-electron chi connectivity index (χ4n) is 2.35. The van der Waals surface area contributed by atoms with Gasteiger partial charge in [-0.25, -0.2) is 0 Å². The van der Waals surface area contributed by atoms with Crippen LogP contribution in [0.2, 0.25) is 0 Å². The van der Waals surface area contributed by atoms with E-state index in [1.54, 1.807) is 7.11 Å². The van der Waals surface area contributed by atoms with Gasteiger partial charge in [-0.2, -0.15) is 0 Å². The summed E-state index contributed by atoms with van der Waals surface area (Å²) in [6.45, 7) is 2.70. The van der Waals surface area contributed by atoms with Gasteiger partial charge in [-0.15, -0.1) is 12.4 Å². The van der Waals surface area contributed by atoms with Gasteiger partial charge in [-0.3, -0.25) is 4.79 Å². The van der Waals surface area contributed by atoms with Crippen LogP contribution in [0.25, 0.3) is 0 Å². The number of amides is 1. The number of carbonyl (C=O) groups is 1. The SMILES string of the molecule is CCCC(N)C(=O)N(Cc1ccc(OC)cc1)C1CC1.Cl. The van der Waals surface area contributed by atoms with E-state index in [0.717, 1.165) is 37.0 Å². The molecule has 1 amide bonds. The molecule has 0 saturated heterocycles. The minimum absolute atomic E-state index is 0. The zero-order chi connectivity index (χ0) is 14.5. The largest absolute Gasteiger partial charge is 0.497 e. The van der Waals surface area contributed by atoms with Gasteiger partial charge in [0.1, 0.15) is 5.75 Å². The van der Waals surface area contributed by atoms with Crippen molar-refractivity contribution in [2.45, 2.75) is 51.2 Å². The van der Waals surface area contributed by atoms with Crippen LogP contribution in [0.1, 0.15) is 38.2 Å². The predicted octanol–water partition coefficient (Wildman–Crippen LogP) is 2.74. The van der Waals surface area contributed by atoms with Crippen molar-refractivity contribution < 1.29 is 9.53 Å². The van der Waals surface area contributed by atoms with Gasteiger partial charge in [0.2, 0.25) is 5.91 Å². The third kappa shape index (κ3) is 4.90. The Labute approximate surface area is 133 Å². The number of hydrogen-bond donors (Lipinski definition) is 1. The molecule has 1 fully saturated rings. The molecule has 2 N–H and O–H groups in total.